The Morgan fingerprint density at radius 3 is 1.19 bits per heavy atom. The topological polar surface area (TPSA) is 228 Å². The van der Waals surface area contributed by atoms with Gasteiger partial charge in [0.15, 0.2) is 12.6 Å². The Morgan fingerprint density at radius 1 is 0.455 bits per heavy atom. The van der Waals surface area contributed by atoms with E-state index in [1.165, 1.54) is 225 Å². The van der Waals surface area contributed by atoms with Crippen LogP contribution in [0.15, 0.2) is 12.2 Å². The molecule has 0 radical (unpaired) electrons. The number of nitrogens with one attached hydrogen (secondary N) is 1. The minimum Gasteiger partial charge on any atom is -0.394 e. The van der Waals surface area contributed by atoms with Crippen molar-refractivity contribution in [1.29, 1.82) is 0 Å². The van der Waals surface area contributed by atoms with E-state index in [2.05, 4.69) is 19.2 Å². The summed E-state index contributed by atoms with van der Waals surface area (Å²) in [5.74, 6) is -0.232. The summed E-state index contributed by atoms with van der Waals surface area (Å²) in [5.41, 5.74) is 0. The van der Waals surface area contributed by atoms with Crippen molar-refractivity contribution in [2.75, 3.05) is 19.8 Å². The van der Waals surface area contributed by atoms with Crippen LogP contribution in [0.1, 0.15) is 290 Å². The van der Waals surface area contributed by atoms with E-state index in [1.807, 2.05) is 6.08 Å². The highest BCUT2D eigenvalue weighted by atomic mass is 16.7. The first-order valence-corrected chi connectivity index (χ1v) is 32.4. The molecule has 9 N–H and O–H groups in total. The lowest BCUT2D eigenvalue weighted by atomic mass is 9.97. The van der Waals surface area contributed by atoms with E-state index in [4.69, 9.17) is 18.9 Å². The van der Waals surface area contributed by atoms with Gasteiger partial charge < -0.3 is 65.1 Å². The molecule has 2 heterocycles. The third-order valence-electron chi connectivity index (χ3n) is 16.2. The van der Waals surface area contributed by atoms with Gasteiger partial charge in [0, 0.05) is 6.42 Å². The summed E-state index contributed by atoms with van der Waals surface area (Å²) >= 11 is 0. The van der Waals surface area contributed by atoms with Crippen LogP contribution in [0.5, 0.6) is 0 Å². The van der Waals surface area contributed by atoms with Gasteiger partial charge in [0.25, 0.3) is 0 Å². The van der Waals surface area contributed by atoms with Gasteiger partial charge in [0.1, 0.15) is 48.8 Å². The second-order valence-corrected chi connectivity index (χ2v) is 23.3. The standard InChI is InChI=1S/C63H121NO13/c1-3-5-7-9-11-13-15-17-19-21-23-25-27-28-30-32-34-36-38-40-42-44-46-52(67)51(50-74-62-60(73)58(71)61(54(49-66)76-62)77-63-59(72)57(70)56(69)53(48-65)75-63)64-55(68)47-45-43-41-39-37-35-33-31-29-26-24-22-20-18-16-14-12-10-8-6-4-2/h44,46,51-54,56-63,65-67,69-73H,3-43,45,47-50H2,1-2H3,(H,64,68)/b46-44+. The minimum atomic E-state index is -1.79. The molecule has 0 saturated carbocycles. The van der Waals surface area contributed by atoms with Crippen molar-refractivity contribution in [3.8, 4) is 0 Å². The van der Waals surface area contributed by atoms with Crippen molar-refractivity contribution in [3.05, 3.63) is 12.2 Å². The van der Waals surface area contributed by atoms with Crippen LogP contribution in [-0.2, 0) is 23.7 Å². The van der Waals surface area contributed by atoms with Gasteiger partial charge in [-0.2, -0.15) is 0 Å². The molecule has 0 aromatic heterocycles. The van der Waals surface area contributed by atoms with E-state index < -0.39 is 86.8 Å². The molecule has 2 aliphatic heterocycles. The predicted molar refractivity (Wildman–Crippen MR) is 309 cm³/mol. The second kappa shape index (κ2) is 49.3. The number of aliphatic hydroxyl groups excluding tert-OH is 8. The summed E-state index contributed by atoms with van der Waals surface area (Å²) in [6, 6.07) is -0.910. The molecule has 2 rings (SSSR count). The molecule has 0 spiro atoms. The predicted octanol–water partition coefficient (Wildman–Crippen LogP) is 11.8. The molecule has 456 valence electrons. The highest BCUT2D eigenvalue weighted by molar-refractivity contribution is 5.76. The first-order valence-electron chi connectivity index (χ1n) is 32.4. The van der Waals surface area contributed by atoms with E-state index in [0.717, 1.165) is 38.5 Å². The van der Waals surface area contributed by atoms with Crippen LogP contribution < -0.4 is 5.32 Å². The lowest BCUT2D eigenvalue weighted by Crippen LogP contribution is -2.65. The van der Waals surface area contributed by atoms with E-state index in [0.29, 0.717) is 6.42 Å². The zero-order chi connectivity index (χ0) is 56.0. The van der Waals surface area contributed by atoms with E-state index >= 15 is 0 Å². The maximum atomic E-state index is 13.3. The number of carbonyl (C=O) groups excluding carboxylic acids is 1. The summed E-state index contributed by atoms with van der Waals surface area (Å²) in [4.78, 5) is 13.3. The first-order chi connectivity index (χ1) is 37.6. The molecule has 2 fully saturated rings. The molecule has 0 bridgehead atoms. The molecule has 0 aromatic carbocycles. The summed E-state index contributed by atoms with van der Waals surface area (Å²) < 4.78 is 22.8. The molecule has 14 heteroatoms. The largest absolute Gasteiger partial charge is 0.394 e. The van der Waals surface area contributed by atoms with Crippen LogP contribution in [0.3, 0.4) is 0 Å². The van der Waals surface area contributed by atoms with Crippen LogP contribution in [-0.4, -0.2) is 140 Å². The van der Waals surface area contributed by atoms with Gasteiger partial charge in [-0.3, -0.25) is 4.79 Å². The summed E-state index contributed by atoms with van der Waals surface area (Å²) in [5, 5.41) is 87.3. The monoisotopic (exact) mass is 1100 g/mol. The zero-order valence-corrected chi connectivity index (χ0v) is 49.2. The zero-order valence-electron chi connectivity index (χ0n) is 49.2. The third kappa shape index (κ3) is 34.7. The van der Waals surface area contributed by atoms with Crippen LogP contribution >= 0.6 is 0 Å². The number of unbranched alkanes of at least 4 members (excludes halogenated alkanes) is 40. The van der Waals surface area contributed by atoms with Crippen molar-refractivity contribution in [2.24, 2.45) is 0 Å². The smallest absolute Gasteiger partial charge is 0.220 e. The van der Waals surface area contributed by atoms with Gasteiger partial charge in [0.05, 0.1) is 32.0 Å². The minimum absolute atomic E-state index is 0.232. The summed E-state index contributed by atoms with van der Waals surface area (Å²) in [6.07, 6.45) is 41.1. The summed E-state index contributed by atoms with van der Waals surface area (Å²) in [6.45, 7) is 2.85. The van der Waals surface area contributed by atoms with E-state index in [-0.39, 0.29) is 18.9 Å². The second-order valence-electron chi connectivity index (χ2n) is 23.3. The van der Waals surface area contributed by atoms with E-state index in [9.17, 15) is 45.6 Å². The average Bonchev–Trinajstić information content (AvgIpc) is 3.44. The number of allylic oxidation sites excluding steroid dienone is 1. The molecule has 12 atom stereocenters. The Balaban J connectivity index is 1.73. The highest BCUT2D eigenvalue weighted by Crippen LogP contribution is 2.30. The number of rotatable bonds is 53. The highest BCUT2D eigenvalue weighted by Gasteiger charge is 2.51. The molecule has 77 heavy (non-hydrogen) atoms. The number of ether oxygens (including phenoxy) is 4. The molecular formula is C63H121NO13. The van der Waals surface area contributed by atoms with Crippen molar-refractivity contribution in [1.82, 2.24) is 5.32 Å². The SMILES string of the molecule is CCCCCCCCCCCCCCCCCCCCCC/C=C/C(O)C(COC1OC(CO)C(OC2OC(CO)C(O)C(O)C2O)C(O)C1O)NC(=O)CCCCCCCCCCCCCCCCCCCCCCC. The first kappa shape index (κ1) is 71.8. The Labute approximate surface area is 469 Å². The van der Waals surface area contributed by atoms with Gasteiger partial charge in [-0.1, -0.05) is 276 Å². The normalized spacial score (nSPS) is 24.7. The number of amides is 1. The molecule has 0 aliphatic carbocycles. The Hall–Kier alpha value is -1.27. The van der Waals surface area contributed by atoms with Gasteiger partial charge in [-0.05, 0) is 19.3 Å². The van der Waals surface area contributed by atoms with Gasteiger partial charge >= 0.3 is 0 Å². The molecule has 12 unspecified atom stereocenters. The molecular weight excluding hydrogens is 979 g/mol. The van der Waals surface area contributed by atoms with Crippen molar-refractivity contribution in [3.63, 3.8) is 0 Å². The molecule has 14 nitrogen and oxygen atoms in total. The maximum Gasteiger partial charge on any atom is 0.220 e. The van der Waals surface area contributed by atoms with E-state index in [1.54, 1.807) is 6.08 Å². The van der Waals surface area contributed by atoms with Gasteiger partial charge in [-0.25, -0.2) is 0 Å². The van der Waals surface area contributed by atoms with Crippen molar-refractivity contribution < 1.29 is 64.6 Å². The molecule has 0 aromatic rings. The lowest BCUT2D eigenvalue weighted by Gasteiger charge is -2.46. The molecule has 2 aliphatic rings. The number of hydrogen-bond donors (Lipinski definition) is 9. The van der Waals surface area contributed by atoms with Crippen LogP contribution in [0.4, 0.5) is 0 Å². The van der Waals surface area contributed by atoms with Crippen molar-refractivity contribution in [2.45, 2.75) is 364 Å². The fourth-order valence-electron chi connectivity index (χ4n) is 11.0. The van der Waals surface area contributed by atoms with Gasteiger partial charge in [0.2, 0.25) is 5.91 Å². The lowest BCUT2D eigenvalue weighted by molar-refractivity contribution is -0.359. The average molecular weight is 1100 g/mol. The number of carbonyl (C=O) groups is 1. The maximum absolute atomic E-state index is 13.3. The third-order valence-corrected chi connectivity index (χ3v) is 16.2. The molecule has 1 amide bonds. The Kier molecular flexibility index (Phi) is 46.0. The fraction of sp³-hybridized carbons (Fsp3) is 0.952. The van der Waals surface area contributed by atoms with Crippen LogP contribution in [0, 0.1) is 0 Å². The van der Waals surface area contributed by atoms with Crippen LogP contribution in [0.25, 0.3) is 0 Å². The number of aliphatic hydroxyl groups is 8. The number of hydrogen-bond acceptors (Lipinski definition) is 13. The fourth-order valence-corrected chi connectivity index (χ4v) is 11.0. The molecule has 2 saturated heterocycles. The van der Waals surface area contributed by atoms with Gasteiger partial charge in [-0.15, -0.1) is 0 Å². The van der Waals surface area contributed by atoms with Crippen LogP contribution in [0.2, 0.25) is 0 Å². The van der Waals surface area contributed by atoms with Crippen molar-refractivity contribution >= 4 is 5.91 Å². The Morgan fingerprint density at radius 2 is 0.805 bits per heavy atom. The quantitative estimate of drug-likeness (QED) is 0.0204. The Bertz CT molecular complexity index is 1340. The summed E-state index contributed by atoms with van der Waals surface area (Å²) in [7, 11) is 0.